The molecule has 0 fully saturated rings. The first kappa shape index (κ1) is 24.3. The topological polar surface area (TPSA) is 109 Å². The summed E-state index contributed by atoms with van der Waals surface area (Å²) in [5, 5.41) is 16.9. The summed E-state index contributed by atoms with van der Waals surface area (Å²) < 4.78 is 13.8. The molecule has 37 heavy (non-hydrogen) atoms. The number of hydrogen-bond acceptors (Lipinski definition) is 7. The monoisotopic (exact) mass is 517 g/mol. The number of anilines is 1. The number of halogens is 1. The maximum Gasteiger partial charge on any atom is 0.258 e. The molecular weight excluding hydrogens is 494 g/mol. The smallest absolute Gasteiger partial charge is 0.258 e. The van der Waals surface area contributed by atoms with Crippen LogP contribution in [0.25, 0.3) is 11.0 Å². The van der Waals surface area contributed by atoms with Crippen molar-refractivity contribution in [2.45, 2.75) is 20.0 Å². The molecule has 0 unspecified atom stereocenters. The molecule has 2 aromatic carbocycles. The van der Waals surface area contributed by atoms with E-state index in [2.05, 4.69) is 25.7 Å². The third-order valence-electron chi connectivity index (χ3n) is 5.87. The van der Waals surface area contributed by atoms with Gasteiger partial charge in [0.05, 0.1) is 55.2 Å². The van der Waals surface area contributed by atoms with Crippen LogP contribution in [0.5, 0.6) is 11.5 Å². The van der Waals surface area contributed by atoms with Crippen LogP contribution >= 0.6 is 11.6 Å². The van der Waals surface area contributed by atoms with Gasteiger partial charge < -0.3 is 14.8 Å². The molecule has 0 spiro atoms. The Morgan fingerprint density at radius 3 is 2.35 bits per heavy atom. The number of carbonyl (C=O) groups excluding carboxylic acids is 1. The van der Waals surface area contributed by atoms with E-state index in [1.54, 1.807) is 47.8 Å². The normalized spacial score (nSPS) is 11.0. The Morgan fingerprint density at radius 2 is 1.68 bits per heavy atom. The Hall–Kier alpha value is -4.44. The standard InChI is InChI=1S/C26H24ClN7O3/c1-16-23-24(27)22(26(35)29-18-6-10-21(37-3)11-7-18)12-28-25(23)34(31-16)15-19-14-33(32-30-19)13-17-4-8-20(36-2)9-5-17/h4-12,14H,13,15H2,1-3H3,(H,29,35). The number of amides is 1. The summed E-state index contributed by atoms with van der Waals surface area (Å²) in [6.07, 6.45) is 3.33. The number of pyridine rings is 1. The average Bonchev–Trinajstić information content (AvgIpc) is 3.48. The van der Waals surface area contributed by atoms with E-state index in [0.717, 1.165) is 17.0 Å². The number of ether oxygens (including phenoxy) is 2. The lowest BCUT2D eigenvalue weighted by Gasteiger charge is -2.08. The molecule has 0 radical (unpaired) electrons. The number of nitrogens with one attached hydrogen (secondary N) is 1. The van der Waals surface area contributed by atoms with Crippen molar-refractivity contribution in [1.29, 1.82) is 0 Å². The molecule has 188 valence electrons. The van der Waals surface area contributed by atoms with Crippen LogP contribution in [0.15, 0.2) is 60.9 Å². The van der Waals surface area contributed by atoms with Crippen LogP contribution in [0, 0.1) is 6.92 Å². The highest BCUT2D eigenvalue weighted by Crippen LogP contribution is 2.29. The molecule has 10 nitrogen and oxygen atoms in total. The van der Waals surface area contributed by atoms with Crippen molar-refractivity contribution >= 4 is 34.2 Å². The molecule has 0 saturated carbocycles. The Kier molecular flexibility index (Phi) is 6.74. The number of hydrogen-bond donors (Lipinski definition) is 1. The van der Waals surface area contributed by atoms with Crippen molar-refractivity contribution in [3.63, 3.8) is 0 Å². The first-order valence-electron chi connectivity index (χ1n) is 11.4. The zero-order valence-electron chi connectivity index (χ0n) is 20.5. The summed E-state index contributed by atoms with van der Waals surface area (Å²) in [7, 11) is 3.22. The Labute approximate surface area is 217 Å². The summed E-state index contributed by atoms with van der Waals surface area (Å²) >= 11 is 6.67. The van der Waals surface area contributed by atoms with Gasteiger partial charge in [-0.1, -0.05) is 28.9 Å². The van der Waals surface area contributed by atoms with Gasteiger partial charge in [0.1, 0.15) is 17.2 Å². The van der Waals surface area contributed by atoms with Crippen LogP contribution in [0.1, 0.15) is 27.3 Å². The number of aryl methyl sites for hydroxylation is 1. The molecule has 0 aliphatic heterocycles. The van der Waals surface area contributed by atoms with Gasteiger partial charge in [-0.25, -0.2) is 14.3 Å². The molecule has 0 saturated heterocycles. The van der Waals surface area contributed by atoms with Crippen molar-refractivity contribution in [2.75, 3.05) is 19.5 Å². The van der Waals surface area contributed by atoms with Crippen molar-refractivity contribution in [3.8, 4) is 11.5 Å². The second kappa shape index (κ2) is 10.3. The maximum atomic E-state index is 12.9. The summed E-state index contributed by atoms with van der Waals surface area (Å²) in [6, 6.07) is 14.8. The van der Waals surface area contributed by atoms with E-state index in [1.165, 1.54) is 6.20 Å². The van der Waals surface area contributed by atoms with E-state index in [1.807, 2.05) is 37.4 Å². The number of rotatable bonds is 8. The SMILES string of the molecule is COc1ccc(Cn2cc(Cn3nc(C)c4c(Cl)c(C(=O)Nc5ccc(OC)cc5)cnc43)nn2)cc1. The molecule has 5 rings (SSSR count). The number of aromatic nitrogens is 6. The minimum absolute atomic E-state index is 0.262. The van der Waals surface area contributed by atoms with Gasteiger partial charge in [-0.2, -0.15) is 5.10 Å². The zero-order chi connectivity index (χ0) is 25.9. The minimum Gasteiger partial charge on any atom is -0.497 e. The lowest BCUT2D eigenvalue weighted by atomic mass is 10.2. The Bertz CT molecular complexity index is 1560. The van der Waals surface area contributed by atoms with E-state index < -0.39 is 0 Å². The van der Waals surface area contributed by atoms with Crippen molar-refractivity contribution in [1.82, 2.24) is 29.8 Å². The van der Waals surface area contributed by atoms with Crippen molar-refractivity contribution in [2.24, 2.45) is 0 Å². The molecular formula is C26H24ClN7O3. The number of methoxy groups -OCH3 is 2. The fraction of sp³-hybridized carbons (Fsp3) is 0.192. The van der Waals surface area contributed by atoms with E-state index in [9.17, 15) is 4.79 Å². The summed E-state index contributed by atoms with van der Waals surface area (Å²) in [5.41, 5.74) is 3.90. The molecule has 3 aromatic heterocycles. The summed E-state index contributed by atoms with van der Waals surface area (Å²) in [6.45, 7) is 2.76. The van der Waals surface area contributed by atoms with E-state index >= 15 is 0 Å². The summed E-state index contributed by atoms with van der Waals surface area (Å²) in [5.74, 6) is 1.14. The molecule has 11 heteroatoms. The molecule has 0 aliphatic carbocycles. The fourth-order valence-electron chi connectivity index (χ4n) is 3.98. The molecule has 5 aromatic rings. The van der Waals surface area contributed by atoms with Crippen LogP contribution in [0.2, 0.25) is 5.02 Å². The van der Waals surface area contributed by atoms with Crippen LogP contribution in [0.3, 0.4) is 0 Å². The third-order valence-corrected chi connectivity index (χ3v) is 6.26. The molecule has 1 N–H and O–H groups in total. The van der Waals surface area contributed by atoms with Gasteiger partial charge in [0.25, 0.3) is 5.91 Å². The third kappa shape index (κ3) is 5.10. The predicted molar refractivity (Wildman–Crippen MR) is 139 cm³/mol. The van der Waals surface area contributed by atoms with Crippen molar-refractivity contribution in [3.05, 3.63) is 88.5 Å². The second-order valence-electron chi connectivity index (χ2n) is 8.37. The fourth-order valence-corrected chi connectivity index (χ4v) is 4.33. The van der Waals surface area contributed by atoms with Crippen LogP contribution in [-0.4, -0.2) is 49.9 Å². The molecule has 0 atom stereocenters. The quantitative estimate of drug-likeness (QED) is 0.326. The van der Waals surface area contributed by atoms with Gasteiger partial charge in [0.2, 0.25) is 0 Å². The van der Waals surface area contributed by atoms with E-state index in [0.29, 0.717) is 46.3 Å². The first-order valence-corrected chi connectivity index (χ1v) is 11.8. The minimum atomic E-state index is -0.363. The molecule has 0 aliphatic rings. The largest absolute Gasteiger partial charge is 0.497 e. The number of carbonyl (C=O) groups is 1. The Morgan fingerprint density at radius 1 is 1.00 bits per heavy atom. The first-order chi connectivity index (χ1) is 17.9. The second-order valence-corrected chi connectivity index (χ2v) is 8.74. The number of benzene rings is 2. The van der Waals surface area contributed by atoms with Crippen LogP contribution in [0.4, 0.5) is 5.69 Å². The van der Waals surface area contributed by atoms with Gasteiger partial charge in [0, 0.05) is 11.9 Å². The highest BCUT2D eigenvalue weighted by atomic mass is 35.5. The number of fused-ring (bicyclic) bond motifs is 1. The highest BCUT2D eigenvalue weighted by molar-refractivity contribution is 6.39. The van der Waals surface area contributed by atoms with Gasteiger partial charge in [-0.3, -0.25) is 4.79 Å². The molecule has 0 bridgehead atoms. The van der Waals surface area contributed by atoms with Crippen molar-refractivity contribution < 1.29 is 14.3 Å². The lowest BCUT2D eigenvalue weighted by Crippen LogP contribution is -2.13. The summed E-state index contributed by atoms with van der Waals surface area (Å²) in [4.78, 5) is 17.4. The van der Waals surface area contributed by atoms with Crippen LogP contribution in [-0.2, 0) is 13.1 Å². The zero-order valence-corrected chi connectivity index (χ0v) is 21.2. The van der Waals surface area contributed by atoms with Gasteiger partial charge in [-0.05, 0) is 48.9 Å². The Balaban J connectivity index is 1.34. The van der Waals surface area contributed by atoms with Gasteiger partial charge >= 0.3 is 0 Å². The average molecular weight is 518 g/mol. The van der Waals surface area contributed by atoms with Gasteiger partial charge in [0.15, 0.2) is 5.65 Å². The maximum absolute atomic E-state index is 12.9. The van der Waals surface area contributed by atoms with E-state index in [4.69, 9.17) is 21.1 Å². The van der Waals surface area contributed by atoms with E-state index in [-0.39, 0.29) is 11.5 Å². The van der Waals surface area contributed by atoms with Gasteiger partial charge in [-0.15, -0.1) is 5.10 Å². The van der Waals surface area contributed by atoms with Crippen LogP contribution < -0.4 is 14.8 Å². The highest BCUT2D eigenvalue weighted by Gasteiger charge is 2.20. The molecule has 1 amide bonds. The lowest BCUT2D eigenvalue weighted by molar-refractivity contribution is 0.102. The number of nitrogens with zero attached hydrogens (tertiary/aromatic N) is 6. The predicted octanol–water partition coefficient (Wildman–Crippen LogP) is 4.35. The molecule has 3 heterocycles.